The zero-order valence-electron chi connectivity index (χ0n) is 14.5. The highest BCUT2D eigenvalue weighted by Crippen LogP contribution is 2.33. The van der Waals surface area contributed by atoms with Gasteiger partial charge in [-0.15, -0.1) is 0 Å². The maximum atomic E-state index is 5.48. The summed E-state index contributed by atoms with van der Waals surface area (Å²) in [5.74, 6) is 1.70. The Kier molecular flexibility index (Phi) is 3.83. The Morgan fingerprint density at radius 3 is 2.69 bits per heavy atom. The average Bonchev–Trinajstić information content (AvgIpc) is 3.16. The van der Waals surface area contributed by atoms with Crippen LogP contribution in [0.3, 0.4) is 0 Å². The number of ether oxygens (including phenoxy) is 2. The Morgan fingerprint density at radius 1 is 0.923 bits per heavy atom. The molecule has 6 heteroatoms. The van der Waals surface area contributed by atoms with Crippen molar-refractivity contribution in [3.63, 3.8) is 0 Å². The van der Waals surface area contributed by atoms with Gasteiger partial charge in [0.15, 0.2) is 11.5 Å². The first-order valence-corrected chi connectivity index (χ1v) is 8.93. The third kappa shape index (κ3) is 2.82. The molecule has 1 fully saturated rings. The van der Waals surface area contributed by atoms with Gasteiger partial charge in [-0.25, -0.2) is 0 Å². The Hall–Kier alpha value is -2.86. The molecule has 2 aliphatic heterocycles. The van der Waals surface area contributed by atoms with Gasteiger partial charge in [0.2, 0.25) is 6.79 Å². The summed E-state index contributed by atoms with van der Waals surface area (Å²) in [6.07, 6.45) is 1.88. The van der Waals surface area contributed by atoms with E-state index in [4.69, 9.17) is 9.47 Å². The molecular weight excluding hydrogens is 328 g/mol. The van der Waals surface area contributed by atoms with Crippen LogP contribution < -0.4 is 14.4 Å². The van der Waals surface area contributed by atoms with Gasteiger partial charge < -0.3 is 14.4 Å². The Balaban J connectivity index is 1.27. The quantitative estimate of drug-likeness (QED) is 0.725. The minimum absolute atomic E-state index is 0.325. The lowest BCUT2D eigenvalue weighted by atomic mass is 10.1. The van der Waals surface area contributed by atoms with Gasteiger partial charge in [-0.05, 0) is 23.8 Å². The predicted molar refractivity (Wildman–Crippen MR) is 99.6 cm³/mol. The SMILES string of the molecule is c1ccc2c(N3CCN(Cc4ccc5c(c4)OCO5)CC3)cnnc2c1. The molecule has 0 bridgehead atoms. The molecule has 3 aromatic rings. The van der Waals surface area contributed by atoms with Gasteiger partial charge >= 0.3 is 0 Å². The molecule has 6 nitrogen and oxygen atoms in total. The topological polar surface area (TPSA) is 50.7 Å². The minimum Gasteiger partial charge on any atom is -0.454 e. The molecule has 0 aliphatic carbocycles. The van der Waals surface area contributed by atoms with E-state index in [9.17, 15) is 0 Å². The van der Waals surface area contributed by atoms with Gasteiger partial charge in [0, 0.05) is 38.1 Å². The maximum Gasteiger partial charge on any atom is 0.231 e. The van der Waals surface area contributed by atoms with E-state index in [1.807, 2.05) is 24.4 Å². The van der Waals surface area contributed by atoms with Crippen molar-refractivity contribution >= 4 is 16.6 Å². The lowest BCUT2D eigenvalue weighted by Gasteiger charge is -2.36. The summed E-state index contributed by atoms with van der Waals surface area (Å²) in [5.41, 5.74) is 3.39. The van der Waals surface area contributed by atoms with Crippen LogP contribution in [0.5, 0.6) is 11.5 Å². The van der Waals surface area contributed by atoms with Crippen molar-refractivity contribution < 1.29 is 9.47 Å². The van der Waals surface area contributed by atoms with E-state index in [-0.39, 0.29) is 0 Å². The van der Waals surface area contributed by atoms with E-state index >= 15 is 0 Å². The normalized spacial score (nSPS) is 17.0. The monoisotopic (exact) mass is 348 g/mol. The summed E-state index contributed by atoms with van der Waals surface area (Å²) in [4.78, 5) is 4.89. The van der Waals surface area contributed by atoms with E-state index in [1.54, 1.807) is 0 Å². The molecular formula is C20H20N4O2. The van der Waals surface area contributed by atoms with Gasteiger partial charge in [0.25, 0.3) is 0 Å². The molecule has 2 aliphatic rings. The molecule has 132 valence electrons. The second kappa shape index (κ2) is 6.46. The predicted octanol–water partition coefficient (Wildman–Crippen LogP) is 2.68. The standard InChI is InChI=1S/C20H20N4O2/c1-2-4-17-16(3-1)18(12-21-22-17)24-9-7-23(8-10-24)13-15-5-6-19-20(11-15)26-14-25-19/h1-6,11-12H,7-10,13-14H2. The highest BCUT2D eigenvalue weighted by Gasteiger charge is 2.20. The molecule has 0 atom stereocenters. The van der Waals surface area contributed by atoms with E-state index in [1.165, 1.54) is 16.6 Å². The largest absolute Gasteiger partial charge is 0.454 e. The zero-order valence-corrected chi connectivity index (χ0v) is 14.5. The summed E-state index contributed by atoms with van der Waals surface area (Å²) in [6, 6.07) is 14.4. The van der Waals surface area contributed by atoms with Crippen LogP contribution in [-0.2, 0) is 6.54 Å². The lowest BCUT2D eigenvalue weighted by Crippen LogP contribution is -2.46. The first kappa shape index (κ1) is 15.4. The molecule has 0 unspecified atom stereocenters. The van der Waals surface area contributed by atoms with Gasteiger partial charge in [0.05, 0.1) is 17.4 Å². The van der Waals surface area contributed by atoms with Crippen LogP contribution in [0.15, 0.2) is 48.7 Å². The number of hydrogen-bond acceptors (Lipinski definition) is 6. The molecule has 1 aromatic heterocycles. The summed E-state index contributed by atoms with van der Waals surface area (Å²) < 4.78 is 10.9. The number of anilines is 1. The molecule has 0 radical (unpaired) electrons. The molecule has 0 amide bonds. The van der Waals surface area contributed by atoms with Crippen molar-refractivity contribution in [3.05, 3.63) is 54.2 Å². The van der Waals surface area contributed by atoms with Gasteiger partial charge in [-0.1, -0.05) is 24.3 Å². The van der Waals surface area contributed by atoms with Crippen LogP contribution in [-0.4, -0.2) is 48.1 Å². The van der Waals surface area contributed by atoms with Crippen LogP contribution in [0.1, 0.15) is 5.56 Å². The molecule has 26 heavy (non-hydrogen) atoms. The van der Waals surface area contributed by atoms with Crippen molar-refractivity contribution in [2.24, 2.45) is 0 Å². The fourth-order valence-corrected chi connectivity index (χ4v) is 3.69. The van der Waals surface area contributed by atoms with Crippen molar-refractivity contribution in [1.82, 2.24) is 15.1 Å². The molecule has 0 saturated carbocycles. The van der Waals surface area contributed by atoms with Crippen LogP contribution in [0.2, 0.25) is 0 Å². The summed E-state index contributed by atoms with van der Waals surface area (Å²) in [6.45, 7) is 5.27. The van der Waals surface area contributed by atoms with Gasteiger partial charge in [-0.2, -0.15) is 10.2 Å². The first-order chi connectivity index (χ1) is 12.9. The number of fused-ring (bicyclic) bond motifs is 2. The van der Waals surface area contributed by atoms with Crippen molar-refractivity contribution in [1.29, 1.82) is 0 Å². The number of benzene rings is 2. The molecule has 5 rings (SSSR count). The Morgan fingerprint density at radius 2 is 1.77 bits per heavy atom. The zero-order chi connectivity index (χ0) is 17.3. The minimum atomic E-state index is 0.325. The lowest BCUT2D eigenvalue weighted by molar-refractivity contribution is 0.174. The van der Waals surface area contributed by atoms with E-state index in [2.05, 4.69) is 44.3 Å². The fraction of sp³-hybridized carbons (Fsp3) is 0.300. The Bertz CT molecular complexity index is 933. The molecule has 1 saturated heterocycles. The summed E-state index contributed by atoms with van der Waals surface area (Å²) >= 11 is 0. The third-order valence-corrected chi connectivity index (χ3v) is 5.08. The second-order valence-corrected chi connectivity index (χ2v) is 6.70. The Labute approximate surface area is 152 Å². The van der Waals surface area contributed by atoms with Gasteiger partial charge in [0.1, 0.15) is 0 Å². The van der Waals surface area contributed by atoms with Crippen LogP contribution in [0, 0.1) is 0 Å². The molecule has 3 heterocycles. The van der Waals surface area contributed by atoms with Gasteiger partial charge in [-0.3, -0.25) is 4.90 Å². The van der Waals surface area contributed by atoms with Crippen molar-refractivity contribution in [3.8, 4) is 11.5 Å². The number of nitrogens with zero attached hydrogens (tertiary/aromatic N) is 4. The smallest absolute Gasteiger partial charge is 0.231 e. The molecule has 0 N–H and O–H groups in total. The summed E-state index contributed by atoms with van der Waals surface area (Å²) in [7, 11) is 0. The van der Waals surface area contributed by atoms with E-state index < -0.39 is 0 Å². The van der Waals surface area contributed by atoms with E-state index in [0.29, 0.717) is 6.79 Å². The highest BCUT2D eigenvalue weighted by molar-refractivity contribution is 5.90. The second-order valence-electron chi connectivity index (χ2n) is 6.70. The van der Waals surface area contributed by atoms with Crippen LogP contribution in [0.4, 0.5) is 5.69 Å². The number of rotatable bonds is 3. The van der Waals surface area contributed by atoms with E-state index in [0.717, 1.165) is 49.7 Å². The molecule has 0 spiro atoms. The van der Waals surface area contributed by atoms with Crippen LogP contribution >= 0.6 is 0 Å². The summed E-state index contributed by atoms with van der Waals surface area (Å²) in [5, 5.41) is 9.58. The maximum absolute atomic E-state index is 5.48. The number of aromatic nitrogens is 2. The number of piperazine rings is 1. The average molecular weight is 348 g/mol. The van der Waals surface area contributed by atoms with Crippen molar-refractivity contribution in [2.45, 2.75) is 6.54 Å². The third-order valence-electron chi connectivity index (χ3n) is 5.08. The molecule has 2 aromatic carbocycles. The van der Waals surface area contributed by atoms with Crippen LogP contribution in [0.25, 0.3) is 10.9 Å². The van der Waals surface area contributed by atoms with Crippen molar-refractivity contribution in [2.75, 3.05) is 37.9 Å². The highest BCUT2D eigenvalue weighted by atomic mass is 16.7. The fourth-order valence-electron chi connectivity index (χ4n) is 3.69. The number of hydrogen-bond donors (Lipinski definition) is 0. The first-order valence-electron chi connectivity index (χ1n) is 8.93.